The third-order valence-electron chi connectivity index (χ3n) is 6.15. The van der Waals surface area contributed by atoms with E-state index in [1.807, 2.05) is 30.3 Å². The second-order valence-electron chi connectivity index (χ2n) is 7.87. The third-order valence-corrected chi connectivity index (χ3v) is 6.15. The van der Waals surface area contributed by atoms with Gasteiger partial charge < -0.3 is 14.8 Å². The molecule has 1 saturated heterocycles. The van der Waals surface area contributed by atoms with Gasteiger partial charge in [-0.25, -0.2) is 0 Å². The lowest BCUT2D eigenvalue weighted by atomic mass is 9.97. The van der Waals surface area contributed by atoms with Gasteiger partial charge in [0.25, 0.3) is 11.5 Å². The first-order valence-corrected chi connectivity index (χ1v) is 10.7. The van der Waals surface area contributed by atoms with Gasteiger partial charge in [-0.05, 0) is 24.9 Å². The molecule has 0 radical (unpaired) electrons. The van der Waals surface area contributed by atoms with E-state index >= 15 is 0 Å². The lowest BCUT2D eigenvalue weighted by Crippen LogP contribution is -2.48. The Morgan fingerprint density at radius 2 is 1.76 bits per heavy atom. The minimum Gasteiger partial charge on any atom is -0.351 e. The molecule has 1 N–H and O–H groups in total. The number of carbonyl (C=O) groups excluding carboxylic acids is 1. The predicted molar refractivity (Wildman–Crippen MR) is 115 cm³/mol. The van der Waals surface area contributed by atoms with Crippen LogP contribution in [0.5, 0.6) is 0 Å². The molecule has 0 aliphatic carbocycles. The summed E-state index contributed by atoms with van der Waals surface area (Å²) in [4.78, 5) is 30.6. The van der Waals surface area contributed by atoms with Crippen molar-refractivity contribution >= 4 is 5.91 Å². The normalized spacial score (nSPS) is 17.3. The molecule has 0 saturated carbocycles. The van der Waals surface area contributed by atoms with Crippen LogP contribution >= 0.6 is 0 Å². The fraction of sp³-hybridized carbons (Fsp3) is 0.478. The first kappa shape index (κ1) is 19.9. The van der Waals surface area contributed by atoms with Crippen molar-refractivity contribution in [2.45, 2.75) is 26.3 Å². The molecule has 29 heavy (non-hydrogen) atoms. The first-order chi connectivity index (χ1) is 14.2. The summed E-state index contributed by atoms with van der Waals surface area (Å²) in [5.74, 6) is -0.0679. The van der Waals surface area contributed by atoms with Crippen LogP contribution in [-0.4, -0.2) is 66.1 Å². The molecule has 3 heterocycles. The number of benzene rings is 1. The summed E-state index contributed by atoms with van der Waals surface area (Å²) in [6, 6.07) is 11.4. The maximum absolute atomic E-state index is 13.2. The topological polar surface area (TPSA) is 57.6 Å². The highest BCUT2D eigenvalue weighted by atomic mass is 16.2. The Morgan fingerprint density at radius 1 is 1.03 bits per heavy atom. The van der Waals surface area contributed by atoms with Gasteiger partial charge in [0.15, 0.2) is 0 Å². The fourth-order valence-corrected chi connectivity index (χ4v) is 4.45. The van der Waals surface area contributed by atoms with Crippen molar-refractivity contribution in [3.8, 4) is 11.1 Å². The number of pyridine rings is 1. The molecule has 4 rings (SSSR count). The average Bonchev–Trinajstić information content (AvgIpc) is 3.25. The zero-order valence-corrected chi connectivity index (χ0v) is 17.2. The number of amides is 1. The maximum atomic E-state index is 13.2. The number of hydrogen-bond donors (Lipinski definition) is 1. The second-order valence-corrected chi connectivity index (χ2v) is 7.87. The van der Waals surface area contributed by atoms with Crippen LogP contribution in [0.3, 0.4) is 0 Å². The maximum Gasteiger partial charge on any atom is 0.253 e. The average molecular weight is 395 g/mol. The van der Waals surface area contributed by atoms with E-state index < -0.39 is 0 Å². The van der Waals surface area contributed by atoms with E-state index in [0.717, 1.165) is 68.9 Å². The second kappa shape index (κ2) is 8.93. The Morgan fingerprint density at radius 3 is 2.48 bits per heavy atom. The number of likely N-dealkylation sites (N-methyl/N-ethyl adjacent to an activating group) is 1. The molecule has 6 nitrogen and oxygen atoms in total. The molecule has 2 aliphatic heterocycles. The van der Waals surface area contributed by atoms with Gasteiger partial charge in [0.2, 0.25) is 0 Å². The standard InChI is InChI=1S/C23H30N4O2/c1-2-25-13-15-26(16-14-25)12-10-24-23(29)22-19(18-7-4-3-5-8-18)17-21(28)27-11-6-9-20(22)27/h3-5,7-8,17H,2,6,9-16H2,1H3,(H,24,29). The molecule has 1 aromatic carbocycles. The molecule has 2 aromatic rings. The van der Waals surface area contributed by atoms with Crippen LogP contribution in [0, 0.1) is 0 Å². The van der Waals surface area contributed by atoms with Crippen LogP contribution in [0.4, 0.5) is 0 Å². The van der Waals surface area contributed by atoms with Gasteiger partial charge in [0.1, 0.15) is 0 Å². The van der Waals surface area contributed by atoms with Crippen molar-refractivity contribution in [3.63, 3.8) is 0 Å². The zero-order valence-electron chi connectivity index (χ0n) is 17.2. The van der Waals surface area contributed by atoms with Gasteiger partial charge in [0.05, 0.1) is 5.56 Å². The van der Waals surface area contributed by atoms with Gasteiger partial charge in [-0.1, -0.05) is 37.3 Å². The Bertz CT molecular complexity index is 914. The summed E-state index contributed by atoms with van der Waals surface area (Å²) in [5, 5.41) is 3.12. The minimum absolute atomic E-state index is 0.0123. The number of rotatable bonds is 6. The van der Waals surface area contributed by atoms with E-state index in [2.05, 4.69) is 22.0 Å². The molecule has 0 spiro atoms. The summed E-state index contributed by atoms with van der Waals surface area (Å²) in [7, 11) is 0. The Hall–Kier alpha value is -2.44. The Kier molecular flexibility index (Phi) is 6.11. The molecule has 2 aliphatic rings. The molecule has 0 atom stereocenters. The molecule has 6 heteroatoms. The molecule has 1 aromatic heterocycles. The summed E-state index contributed by atoms with van der Waals surface area (Å²) in [6.45, 7) is 9.77. The van der Waals surface area contributed by atoms with Crippen molar-refractivity contribution in [1.29, 1.82) is 0 Å². The van der Waals surface area contributed by atoms with Crippen LogP contribution in [0.1, 0.15) is 29.4 Å². The molecular formula is C23H30N4O2. The lowest BCUT2D eigenvalue weighted by molar-refractivity contribution is 0.0937. The number of nitrogens with zero attached hydrogens (tertiary/aromatic N) is 3. The quantitative estimate of drug-likeness (QED) is 0.812. The van der Waals surface area contributed by atoms with Crippen LogP contribution in [0.25, 0.3) is 11.1 Å². The van der Waals surface area contributed by atoms with Crippen LogP contribution < -0.4 is 10.9 Å². The van der Waals surface area contributed by atoms with Gasteiger partial charge in [-0.3, -0.25) is 14.5 Å². The molecule has 154 valence electrons. The molecule has 1 amide bonds. The number of piperazine rings is 1. The highest BCUT2D eigenvalue weighted by Gasteiger charge is 2.25. The lowest BCUT2D eigenvalue weighted by Gasteiger charge is -2.34. The third kappa shape index (κ3) is 4.28. The summed E-state index contributed by atoms with van der Waals surface area (Å²) in [5.41, 5.74) is 3.20. The van der Waals surface area contributed by atoms with Crippen molar-refractivity contribution in [2.75, 3.05) is 45.8 Å². The number of aromatic nitrogens is 1. The summed E-state index contributed by atoms with van der Waals surface area (Å²) >= 11 is 0. The predicted octanol–water partition coefficient (Wildman–Crippen LogP) is 1.83. The van der Waals surface area contributed by atoms with E-state index in [-0.39, 0.29) is 11.5 Å². The minimum atomic E-state index is -0.0679. The highest BCUT2D eigenvalue weighted by molar-refractivity contribution is 6.02. The number of fused-ring (bicyclic) bond motifs is 1. The van der Waals surface area contributed by atoms with Gasteiger partial charge in [-0.15, -0.1) is 0 Å². The van der Waals surface area contributed by atoms with Crippen molar-refractivity contribution in [3.05, 3.63) is 58.0 Å². The monoisotopic (exact) mass is 394 g/mol. The smallest absolute Gasteiger partial charge is 0.253 e. The largest absolute Gasteiger partial charge is 0.351 e. The Labute approximate surface area is 172 Å². The van der Waals surface area contributed by atoms with E-state index in [9.17, 15) is 9.59 Å². The first-order valence-electron chi connectivity index (χ1n) is 10.7. The molecular weight excluding hydrogens is 364 g/mol. The van der Waals surface area contributed by atoms with Crippen molar-refractivity contribution in [2.24, 2.45) is 0 Å². The highest BCUT2D eigenvalue weighted by Crippen LogP contribution is 2.28. The summed E-state index contributed by atoms with van der Waals surface area (Å²) in [6.07, 6.45) is 1.69. The van der Waals surface area contributed by atoms with Crippen molar-refractivity contribution < 1.29 is 4.79 Å². The summed E-state index contributed by atoms with van der Waals surface area (Å²) < 4.78 is 1.77. The SMILES string of the molecule is CCN1CCN(CCNC(=O)c2c(-c3ccccc3)cc(=O)n3c2CCC3)CC1. The van der Waals surface area contributed by atoms with Gasteiger partial charge in [0, 0.05) is 63.1 Å². The van der Waals surface area contributed by atoms with Crippen LogP contribution in [0.2, 0.25) is 0 Å². The number of carbonyl (C=O) groups is 1. The molecule has 0 bridgehead atoms. The fourth-order valence-electron chi connectivity index (χ4n) is 4.45. The van der Waals surface area contributed by atoms with E-state index in [1.165, 1.54) is 0 Å². The van der Waals surface area contributed by atoms with Gasteiger partial charge in [-0.2, -0.15) is 0 Å². The van der Waals surface area contributed by atoms with E-state index in [1.54, 1.807) is 10.6 Å². The van der Waals surface area contributed by atoms with E-state index in [4.69, 9.17) is 0 Å². The number of hydrogen-bond acceptors (Lipinski definition) is 4. The zero-order chi connectivity index (χ0) is 20.2. The van der Waals surface area contributed by atoms with Crippen molar-refractivity contribution in [1.82, 2.24) is 19.7 Å². The van der Waals surface area contributed by atoms with E-state index in [0.29, 0.717) is 18.7 Å². The molecule has 0 unspecified atom stereocenters. The van der Waals surface area contributed by atoms with Crippen LogP contribution in [-0.2, 0) is 13.0 Å². The van der Waals surface area contributed by atoms with Gasteiger partial charge >= 0.3 is 0 Å². The molecule has 1 fully saturated rings. The van der Waals surface area contributed by atoms with Crippen LogP contribution in [0.15, 0.2) is 41.2 Å². The number of nitrogens with one attached hydrogen (secondary N) is 1. The Balaban J connectivity index is 1.51.